The minimum atomic E-state index is -3.80. The normalized spacial score (nSPS) is 11.0. The van der Waals surface area contributed by atoms with E-state index >= 15 is 0 Å². The van der Waals surface area contributed by atoms with Gasteiger partial charge >= 0.3 is 0 Å². The van der Waals surface area contributed by atoms with E-state index in [4.69, 9.17) is 23.8 Å². The fourth-order valence-electron chi connectivity index (χ4n) is 2.45. The van der Waals surface area contributed by atoms with Crippen molar-refractivity contribution >= 4 is 56.0 Å². The summed E-state index contributed by atoms with van der Waals surface area (Å²) in [4.78, 5) is 0.0742. The number of hydrogen-bond acceptors (Lipinski definition) is 3. The third-order valence-corrected chi connectivity index (χ3v) is 5.80. The SMILES string of the molecule is Cc1ccc(S(=O)(=O)Nc2ccc(Cl)cc2)cc1NC(=S)Nc1ccc(F)cc1. The molecule has 5 nitrogen and oxygen atoms in total. The molecule has 3 rings (SSSR count). The molecule has 0 aliphatic carbocycles. The average Bonchev–Trinajstić information content (AvgIpc) is 2.67. The number of halogens is 2. The summed E-state index contributed by atoms with van der Waals surface area (Å²) >= 11 is 11.1. The molecule has 3 N–H and O–H groups in total. The third kappa shape index (κ3) is 5.66. The Balaban J connectivity index is 1.77. The number of nitrogens with one attached hydrogen (secondary N) is 3. The number of aryl methyl sites for hydroxylation is 1. The molecule has 0 spiro atoms. The molecule has 0 atom stereocenters. The first-order chi connectivity index (χ1) is 13.7. The van der Waals surface area contributed by atoms with Crippen molar-refractivity contribution in [1.82, 2.24) is 0 Å². The first-order valence-corrected chi connectivity index (χ1v) is 10.7. The van der Waals surface area contributed by atoms with Crippen molar-refractivity contribution in [3.63, 3.8) is 0 Å². The molecule has 3 aromatic carbocycles. The van der Waals surface area contributed by atoms with Crippen LogP contribution in [0.3, 0.4) is 0 Å². The summed E-state index contributed by atoms with van der Waals surface area (Å²) in [6.07, 6.45) is 0. The van der Waals surface area contributed by atoms with Gasteiger partial charge in [-0.05, 0) is 85.4 Å². The van der Waals surface area contributed by atoms with Crippen LogP contribution in [0.4, 0.5) is 21.5 Å². The topological polar surface area (TPSA) is 70.2 Å². The predicted octanol–water partition coefficient (Wildman–Crippen LogP) is 5.40. The van der Waals surface area contributed by atoms with Crippen molar-refractivity contribution in [3.05, 3.63) is 83.1 Å². The van der Waals surface area contributed by atoms with E-state index in [0.717, 1.165) is 5.56 Å². The smallest absolute Gasteiger partial charge is 0.261 e. The van der Waals surface area contributed by atoms with Crippen LogP contribution < -0.4 is 15.4 Å². The highest BCUT2D eigenvalue weighted by Crippen LogP contribution is 2.23. The molecule has 0 aliphatic rings. The summed E-state index contributed by atoms with van der Waals surface area (Å²) in [5.41, 5.74) is 2.34. The van der Waals surface area contributed by atoms with Gasteiger partial charge in [0.1, 0.15) is 5.82 Å². The molecule has 0 bridgehead atoms. The Morgan fingerprint density at radius 2 is 1.55 bits per heavy atom. The molecule has 0 saturated carbocycles. The van der Waals surface area contributed by atoms with E-state index in [1.165, 1.54) is 24.3 Å². The minimum Gasteiger partial charge on any atom is -0.332 e. The Morgan fingerprint density at radius 3 is 2.21 bits per heavy atom. The zero-order valence-corrected chi connectivity index (χ0v) is 17.6. The fraction of sp³-hybridized carbons (Fsp3) is 0.0500. The molecular formula is C20H17ClFN3O2S2. The summed E-state index contributed by atoms with van der Waals surface area (Å²) in [6.45, 7) is 1.83. The monoisotopic (exact) mass is 449 g/mol. The maximum absolute atomic E-state index is 13.0. The van der Waals surface area contributed by atoms with Gasteiger partial charge in [-0.3, -0.25) is 4.72 Å². The highest BCUT2D eigenvalue weighted by Gasteiger charge is 2.16. The van der Waals surface area contributed by atoms with E-state index in [2.05, 4.69) is 15.4 Å². The average molecular weight is 450 g/mol. The molecule has 0 saturated heterocycles. The van der Waals surface area contributed by atoms with Crippen LogP contribution in [0.5, 0.6) is 0 Å². The van der Waals surface area contributed by atoms with Crippen LogP contribution in [0, 0.1) is 12.7 Å². The van der Waals surface area contributed by atoms with Gasteiger partial charge in [0.2, 0.25) is 0 Å². The third-order valence-electron chi connectivity index (χ3n) is 3.97. The van der Waals surface area contributed by atoms with Crippen LogP contribution in [0.25, 0.3) is 0 Å². The Bertz CT molecular complexity index is 1140. The molecule has 9 heteroatoms. The number of anilines is 3. The molecule has 29 heavy (non-hydrogen) atoms. The standard InChI is InChI=1S/C20H17ClFN3O2S2/c1-13-2-11-18(29(26,27)25-17-7-3-14(21)4-8-17)12-19(13)24-20(28)23-16-9-5-15(22)6-10-16/h2-12,25H,1H3,(H2,23,24,28). The zero-order valence-electron chi connectivity index (χ0n) is 15.2. The van der Waals surface area contributed by atoms with Gasteiger partial charge in [0, 0.05) is 22.1 Å². The molecule has 0 aromatic heterocycles. The van der Waals surface area contributed by atoms with Gasteiger partial charge in [0.15, 0.2) is 5.11 Å². The van der Waals surface area contributed by atoms with Crippen molar-refractivity contribution in [2.24, 2.45) is 0 Å². The lowest BCUT2D eigenvalue weighted by Gasteiger charge is -2.15. The summed E-state index contributed by atoms with van der Waals surface area (Å²) in [7, 11) is -3.80. The van der Waals surface area contributed by atoms with Crippen LogP contribution in [0.1, 0.15) is 5.56 Å². The van der Waals surface area contributed by atoms with Crippen LogP contribution in [-0.4, -0.2) is 13.5 Å². The number of benzene rings is 3. The summed E-state index contributed by atoms with van der Waals surface area (Å²) < 4.78 is 40.9. The van der Waals surface area contributed by atoms with E-state index in [-0.39, 0.29) is 15.8 Å². The van der Waals surface area contributed by atoms with Gasteiger partial charge in [0.05, 0.1) is 4.90 Å². The van der Waals surface area contributed by atoms with Gasteiger partial charge in [-0.1, -0.05) is 17.7 Å². The maximum atomic E-state index is 13.0. The number of thiocarbonyl (C=S) groups is 1. The summed E-state index contributed by atoms with van der Waals surface area (Å²) in [6, 6.07) is 16.8. The second-order valence-corrected chi connectivity index (χ2v) is 8.70. The lowest BCUT2D eigenvalue weighted by Crippen LogP contribution is -2.20. The lowest BCUT2D eigenvalue weighted by atomic mass is 10.2. The Morgan fingerprint density at radius 1 is 0.931 bits per heavy atom. The highest BCUT2D eigenvalue weighted by molar-refractivity contribution is 7.92. The second-order valence-electron chi connectivity index (χ2n) is 6.18. The molecule has 150 valence electrons. The van der Waals surface area contributed by atoms with Crippen LogP contribution >= 0.6 is 23.8 Å². The van der Waals surface area contributed by atoms with Gasteiger partial charge in [-0.2, -0.15) is 0 Å². The highest BCUT2D eigenvalue weighted by atomic mass is 35.5. The van der Waals surface area contributed by atoms with Crippen molar-refractivity contribution in [2.45, 2.75) is 11.8 Å². The molecular weight excluding hydrogens is 433 g/mol. The number of rotatable bonds is 5. The number of sulfonamides is 1. The summed E-state index contributed by atoms with van der Waals surface area (Å²) in [5.74, 6) is -0.351. The zero-order chi connectivity index (χ0) is 21.0. The van der Waals surface area contributed by atoms with E-state index in [0.29, 0.717) is 22.1 Å². The van der Waals surface area contributed by atoms with Gasteiger partial charge in [0.25, 0.3) is 10.0 Å². The van der Waals surface area contributed by atoms with E-state index in [9.17, 15) is 12.8 Å². The van der Waals surface area contributed by atoms with E-state index in [1.54, 1.807) is 42.5 Å². The van der Waals surface area contributed by atoms with E-state index < -0.39 is 10.0 Å². The van der Waals surface area contributed by atoms with Crippen molar-refractivity contribution in [1.29, 1.82) is 0 Å². The van der Waals surface area contributed by atoms with Gasteiger partial charge < -0.3 is 10.6 Å². The Kier molecular flexibility index (Phi) is 6.36. The first-order valence-electron chi connectivity index (χ1n) is 8.45. The maximum Gasteiger partial charge on any atom is 0.261 e. The molecule has 0 unspecified atom stereocenters. The van der Waals surface area contributed by atoms with Gasteiger partial charge in [-0.15, -0.1) is 0 Å². The summed E-state index contributed by atoms with van der Waals surface area (Å²) in [5, 5.41) is 6.66. The van der Waals surface area contributed by atoms with Crippen LogP contribution in [-0.2, 0) is 10.0 Å². The molecule has 0 amide bonds. The molecule has 0 radical (unpaired) electrons. The predicted molar refractivity (Wildman–Crippen MR) is 120 cm³/mol. The Hall–Kier alpha value is -2.68. The first kappa shape index (κ1) is 21.0. The number of hydrogen-bond donors (Lipinski definition) is 3. The van der Waals surface area contributed by atoms with Gasteiger partial charge in [-0.25, -0.2) is 12.8 Å². The van der Waals surface area contributed by atoms with E-state index in [1.807, 2.05) is 6.92 Å². The quantitative estimate of drug-likeness (QED) is 0.455. The molecule has 0 fully saturated rings. The molecule has 0 heterocycles. The molecule has 3 aromatic rings. The van der Waals surface area contributed by atoms with Crippen LogP contribution in [0.2, 0.25) is 5.02 Å². The Labute approximate surface area is 179 Å². The lowest BCUT2D eigenvalue weighted by molar-refractivity contribution is 0.601. The van der Waals surface area contributed by atoms with Crippen LogP contribution in [0.15, 0.2) is 71.6 Å². The fourth-order valence-corrected chi connectivity index (χ4v) is 3.89. The largest absolute Gasteiger partial charge is 0.332 e. The van der Waals surface area contributed by atoms with Crippen molar-refractivity contribution in [2.75, 3.05) is 15.4 Å². The van der Waals surface area contributed by atoms with Crippen molar-refractivity contribution < 1.29 is 12.8 Å². The van der Waals surface area contributed by atoms with Crippen molar-refractivity contribution in [3.8, 4) is 0 Å². The second kappa shape index (κ2) is 8.77. The molecule has 0 aliphatic heterocycles. The minimum absolute atomic E-state index is 0.0742.